The maximum Gasteiger partial charge on any atom is 0.271 e. The first-order valence-corrected chi connectivity index (χ1v) is 13.5. The summed E-state index contributed by atoms with van der Waals surface area (Å²) in [6.07, 6.45) is 1.52. The number of hydrogen-bond donors (Lipinski definition) is 1. The molecule has 0 aliphatic carbocycles. The monoisotopic (exact) mass is 547 g/mol. The van der Waals surface area contributed by atoms with Crippen molar-refractivity contribution in [3.05, 3.63) is 124 Å². The minimum Gasteiger partial charge on any atom is -0.497 e. The molecule has 4 aromatic carbocycles. The van der Waals surface area contributed by atoms with Crippen LogP contribution < -0.4 is 14.5 Å². The first-order valence-electron chi connectivity index (χ1n) is 11.7. The van der Waals surface area contributed by atoms with Crippen LogP contribution in [0.5, 0.6) is 5.75 Å². The van der Waals surface area contributed by atoms with E-state index in [9.17, 15) is 13.2 Å². The van der Waals surface area contributed by atoms with Gasteiger partial charge in [-0.3, -0.25) is 9.10 Å². The number of halogens is 1. The van der Waals surface area contributed by atoms with Gasteiger partial charge in [-0.1, -0.05) is 60.1 Å². The topological polar surface area (TPSA) is 88.1 Å². The van der Waals surface area contributed by atoms with Gasteiger partial charge in [-0.15, -0.1) is 0 Å². The van der Waals surface area contributed by atoms with Gasteiger partial charge in [0.15, 0.2) is 0 Å². The van der Waals surface area contributed by atoms with E-state index in [1.54, 1.807) is 86.0 Å². The second-order valence-corrected chi connectivity index (χ2v) is 10.7. The Morgan fingerprint density at radius 1 is 0.974 bits per heavy atom. The highest BCUT2D eigenvalue weighted by Crippen LogP contribution is 2.31. The number of hydrogen-bond acceptors (Lipinski definition) is 5. The first-order chi connectivity index (χ1) is 18.3. The molecular formula is C29H26ClN3O4S. The summed E-state index contributed by atoms with van der Waals surface area (Å²) in [6, 6.07) is 27.3. The average molecular weight is 548 g/mol. The minimum atomic E-state index is -3.89. The third-order valence-electron chi connectivity index (χ3n) is 5.79. The quantitative estimate of drug-likeness (QED) is 0.211. The SMILES string of the molecule is COc1cccc(/C=N\NC(=O)c2ccc(CN(c3cc(Cl)ccc3C)S(=O)(=O)c3ccccc3)cc2)c1. The number of sulfonamides is 1. The molecule has 0 saturated carbocycles. The van der Waals surface area contributed by atoms with Crippen molar-refractivity contribution >= 4 is 39.4 Å². The fraction of sp³-hybridized carbons (Fsp3) is 0.103. The van der Waals surface area contributed by atoms with Crippen LogP contribution in [-0.4, -0.2) is 27.6 Å². The molecular weight excluding hydrogens is 522 g/mol. The lowest BCUT2D eigenvalue weighted by Crippen LogP contribution is -2.31. The number of nitrogens with zero attached hydrogens (tertiary/aromatic N) is 2. The fourth-order valence-electron chi connectivity index (χ4n) is 3.75. The first kappa shape index (κ1) is 26.9. The van der Waals surface area contributed by atoms with Crippen molar-refractivity contribution in [1.82, 2.24) is 5.43 Å². The van der Waals surface area contributed by atoms with Gasteiger partial charge in [0, 0.05) is 10.6 Å². The number of carbonyl (C=O) groups is 1. The van der Waals surface area contributed by atoms with Crippen LogP contribution in [-0.2, 0) is 16.6 Å². The summed E-state index contributed by atoms with van der Waals surface area (Å²) in [5.74, 6) is 0.294. The molecule has 4 rings (SSSR count). The van der Waals surface area contributed by atoms with Crippen molar-refractivity contribution in [1.29, 1.82) is 0 Å². The third-order valence-corrected chi connectivity index (χ3v) is 7.80. The molecule has 0 aliphatic rings. The summed E-state index contributed by atoms with van der Waals surface area (Å²) < 4.78 is 33.8. The highest BCUT2D eigenvalue weighted by atomic mass is 35.5. The van der Waals surface area contributed by atoms with Crippen LogP contribution >= 0.6 is 11.6 Å². The van der Waals surface area contributed by atoms with Crippen molar-refractivity contribution in [2.24, 2.45) is 5.10 Å². The summed E-state index contributed by atoms with van der Waals surface area (Å²) in [4.78, 5) is 12.7. The van der Waals surface area contributed by atoms with Crippen molar-refractivity contribution in [2.45, 2.75) is 18.4 Å². The summed E-state index contributed by atoms with van der Waals surface area (Å²) in [5.41, 5.74) is 5.59. The van der Waals surface area contributed by atoms with E-state index >= 15 is 0 Å². The highest BCUT2D eigenvalue weighted by molar-refractivity contribution is 7.92. The number of ether oxygens (including phenoxy) is 1. The maximum atomic E-state index is 13.6. The maximum absolute atomic E-state index is 13.6. The van der Waals surface area contributed by atoms with E-state index < -0.39 is 15.9 Å². The second-order valence-electron chi connectivity index (χ2n) is 8.43. The van der Waals surface area contributed by atoms with Crippen LogP contribution in [0.1, 0.15) is 27.0 Å². The van der Waals surface area contributed by atoms with Crippen LogP contribution in [0.25, 0.3) is 0 Å². The Hall–Kier alpha value is -4.14. The van der Waals surface area contributed by atoms with Crippen molar-refractivity contribution in [3.8, 4) is 5.75 Å². The molecule has 1 N–H and O–H groups in total. The number of amides is 1. The second kappa shape index (κ2) is 11.9. The van der Waals surface area contributed by atoms with E-state index in [0.717, 1.165) is 11.1 Å². The van der Waals surface area contributed by atoms with Crippen LogP contribution in [0.2, 0.25) is 5.02 Å². The molecule has 4 aromatic rings. The summed E-state index contributed by atoms with van der Waals surface area (Å²) in [7, 11) is -2.32. The van der Waals surface area contributed by atoms with Gasteiger partial charge in [-0.2, -0.15) is 5.10 Å². The zero-order valence-corrected chi connectivity index (χ0v) is 22.4. The summed E-state index contributed by atoms with van der Waals surface area (Å²) >= 11 is 6.23. The normalized spacial score (nSPS) is 11.3. The molecule has 0 bridgehead atoms. The molecule has 194 valence electrons. The minimum absolute atomic E-state index is 0.0499. The van der Waals surface area contributed by atoms with Gasteiger partial charge in [0.1, 0.15) is 5.75 Å². The van der Waals surface area contributed by atoms with Crippen molar-refractivity contribution in [3.63, 3.8) is 0 Å². The Bertz CT molecular complexity index is 1560. The molecule has 9 heteroatoms. The van der Waals surface area contributed by atoms with Crippen LogP contribution in [0.4, 0.5) is 5.69 Å². The number of aryl methyl sites for hydroxylation is 1. The van der Waals surface area contributed by atoms with Gasteiger partial charge < -0.3 is 4.74 Å². The lowest BCUT2D eigenvalue weighted by Gasteiger charge is -2.26. The van der Waals surface area contributed by atoms with Gasteiger partial charge in [-0.25, -0.2) is 13.8 Å². The third kappa shape index (κ3) is 6.40. The van der Waals surface area contributed by atoms with Gasteiger partial charge >= 0.3 is 0 Å². The molecule has 0 unspecified atom stereocenters. The van der Waals surface area contributed by atoms with E-state index in [2.05, 4.69) is 10.5 Å². The lowest BCUT2D eigenvalue weighted by atomic mass is 10.1. The van der Waals surface area contributed by atoms with E-state index in [-0.39, 0.29) is 11.4 Å². The molecule has 0 aliphatic heterocycles. The van der Waals surface area contributed by atoms with Crippen molar-refractivity contribution in [2.75, 3.05) is 11.4 Å². The van der Waals surface area contributed by atoms with Gasteiger partial charge in [-0.05, 0) is 72.1 Å². The molecule has 0 radical (unpaired) electrons. The molecule has 0 spiro atoms. The fourth-order valence-corrected chi connectivity index (χ4v) is 5.45. The Labute approximate surface area is 227 Å². The number of methoxy groups -OCH3 is 1. The zero-order valence-electron chi connectivity index (χ0n) is 20.8. The Morgan fingerprint density at radius 2 is 1.71 bits per heavy atom. The Kier molecular flexibility index (Phi) is 8.45. The molecule has 0 heterocycles. The van der Waals surface area contributed by atoms with Gasteiger partial charge in [0.25, 0.3) is 15.9 Å². The predicted octanol–water partition coefficient (Wildman–Crippen LogP) is 5.82. The molecule has 0 atom stereocenters. The molecule has 7 nitrogen and oxygen atoms in total. The Morgan fingerprint density at radius 3 is 2.42 bits per heavy atom. The van der Waals surface area contributed by atoms with Crippen LogP contribution in [0.15, 0.2) is 107 Å². The van der Waals surface area contributed by atoms with Crippen molar-refractivity contribution < 1.29 is 17.9 Å². The smallest absolute Gasteiger partial charge is 0.271 e. The molecule has 38 heavy (non-hydrogen) atoms. The van der Waals surface area contributed by atoms with Gasteiger partial charge in [0.05, 0.1) is 30.5 Å². The van der Waals surface area contributed by atoms with E-state index in [1.807, 2.05) is 25.1 Å². The number of rotatable bonds is 9. The van der Waals surface area contributed by atoms with Crippen LogP contribution in [0.3, 0.4) is 0 Å². The number of hydrazone groups is 1. The lowest BCUT2D eigenvalue weighted by molar-refractivity contribution is 0.0955. The molecule has 0 fully saturated rings. The summed E-state index contributed by atoms with van der Waals surface area (Å²) in [5, 5.41) is 4.44. The van der Waals surface area contributed by atoms with Crippen LogP contribution in [0, 0.1) is 6.92 Å². The highest BCUT2D eigenvalue weighted by Gasteiger charge is 2.26. The Balaban J connectivity index is 1.54. The predicted molar refractivity (Wildman–Crippen MR) is 150 cm³/mol. The van der Waals surface area contributed by atoms with E-state index in [1.165, 1.54) is 10.5 Å². The number of nitrogens with one attached hydrogen (secondary N) is 1. The zero-order chi connectivity index (χ0) is 27.1. The number of carbonyl (C=O) groups excluding carboxylic acids is 1. The standard InChI is InChI=1S/C29H26ClN3O4S/c1-21-11-16-25(30)18-28(21)33(38(35,36)27-9-4-3-5-10-27)20-22-12-14-24(15-13-22)29(34)32-31-19-23-7-6-8-26(17-23)37-2/h3-19H,20H2,1-2H3,(H,32,34)/b31-19-. The average Bonchev–Trinajstić information content (AvgIpc) is 2.94. The van der Waals surface area contributed by atoms with Gasteiger partial charge in [0.2, 0.25) is 0 Å². The molecule has 0 saturated heterocycles. The number of anilines is 1. The van der Waals surface area contributed by atoms with E-state index in [0.29, 0.717) is 27.6 Å². The molecule has 1 amide bonds. The van der Waals surface area contributed by atoms with E-state index in [4.69, 9.17) is 16.3 Å². The molecule has 0 aromatic heterocycles. The number of benzene rings is 4. The summed E-state index contributed by atoms with van der Waals surface area (Å²) in [6.45, 7) is 1.88. The largest absolute Gasteiger partial charge is 0.497 e.